The molecule has 4 heterocycles. The maximum absolute atomic E-state index is 14.2. The number of aryl methyl sites for hydroxylation is 1. The highest BCUT2D eigenvalue weighted by Crippen LogP contribution is 2.43. The molecule has 0 radical (unpaired) electrons. The van der Waals surface area contributed by atoms with Crippen molar-refractivity contribution in [1.82, 2.24) is 19.7 Å². The van der Waals surface area contributed by atoms with Crippen LogP contribution in [0.1, 0.15) is 46.8 Å². The van der Waals surface area contributed by atoms with E-state index in [0.29, 0.717) is 6.42 Å². The Labute approximate surface area is 229 Å². The van der Waals surface area contributed by atoms with Crippen molar-refractivity contribution in [3.63, 3.8) is 0 Å². The Morgan fingerprint density at radius 2 is 1.59 bits per heavy atom. The number of nitrogens with one attached hydrogen (secondary N) is 1. The Balaban J connectivity index is 1.19. The Hall–Kier alpha value is -3.90. The van der Waals surface area contributed by atoms with Gasteiger partial charge in [-0.15, -0.1) is 0 Å². The van der Waals surface area contributed by atoms with E-state index in [2.05, 4.69) is 71.4 Å². The van der Waals surface area contributed by atoms with Crippen LogP contribution in [-0.2, 0) is 22.6 Å². The first-order chi connectivity index (χ1) is 19.1. The molecule has 7 rings (SSSR count). The number of carbonyl (C=O) groups is 2. The second-order valence-electron chi connectivity index (χ2n) is 11.3. The van der Waals surface area contributed by atoms with Gasteiger partial charge in [0, 0.05) is 48.7 Å². The summed E-state index contributed by atoms with van der Waals surface area (Å²) >= 11 is 0. The van der Waals surface area contributed by atoms with E-state index in [1.165, 1.54) is 11.1 Å². The Morgan fingerprint density at radius 1 is 0.872 bits per heavy atom. The highest BCUT2D eigenvalue weighted by atomic mass is 16.2. The van der Waals surface area contributed by atoms with E-state index in [1.54, 1.807) is 0 Å². The fourth-order valence-corrected chi connectivity index (χ4v) is 7.04. The molecule has 3 aromatic carbocycles. The third-order valence-electron chi connectivity index (χ3n) is 9.02. The van der Waals surface area contributed by atoms with Crippen molar-refractivity contribution in [3.8, 4) is 0 Å². The van der Waals surface area contributed by atoms with Gasteiger partial charge in [-0.05, 0) is 48.1 Å². The summed E-state index contributed by atoms with van der Waals surface area (Å²) in [6.07, 6.45) is 2.35. The molecule has 0 saturated carbocycles. The number of hydrogen-bond donors (Lipinski definition) is 1. The number of piperidine rings is 1. The minimum atomic E-state index is -0.482. The molecule has 4 aromatic rings. The number of fused-ring (bicyclic) bond motifs is 4. The molecule has 0 unspecified atom stereocenters. The number of rotatable bonds is 4. The predicted molar refractivity (Wildman–Crippen MR) is 152 cm³/mol. The van der Waals surface area contributed by atoms with Crippen molar-refractivity contribution in [1.29, 1.82) is 0 Å². The van der Waals surface area contributed by atoms with Crippen LogP contribution in [0.4, 0.5) is 0 Å². The maximum atomic E-state index is 14.2. The zero-order valence-corrected chi connectivity index (χ0v) is 22.3. The normalized spacial score (nSPS) is 22.3. The minimum Gasteiger partial charge on any atom is -0.356 e. The van der Waals surface area contributed by atoms with E-state index < -0.39 is 6.04 Å². The van der Waals surface area contributed by atoms with Crippen LogP contribution in [0.3, 0.4) is 0 Å². The van der Waals surface area contributed by atoms with Gasteiger partial charge in [0.15, 0.2) is 0 Å². The van der Waals surface area contributed by atoms with E-state index in [9.17, 15) is 9.59 Å². The van der Waals surface area contributed by atoms with Crippen molar-refractivity contribution in [2.75, 3.05) is 19.6 Å². The molecule has 2 saturated heterocycles. The van der Waals surface area contributed by atoms with Gasteiger partial charge in [-0.2, -0.15) is 0 Å². The first-order valence-corrected chi connectivity index (χ1v) is 14.1. The lowest BCUT2D eigenvalue weighted by Gasteiger charge is -2.50. The largest absolute Gasteiger partial charge is 0.356 e. The van der Waals surface area contributed by atoms with Crippen LogP contribution in [0, 0.1) is 6.92 Å². The van der Waals surface area contributed by atoms with Gasteiger partial charge >= 0.3 is 0 Å². The van der Waals surface area contributed by atoms with E-state index in [0.717, 1.165) is 60.2 Å². The summed E-state index contributed by atoms with van der Waals surface area (Å²) in [6, 6.07) is 26.4. The molecular weight excluding hydrogens is 484 g/mol. The summed E-state index contributed by atoms with van der Waals surface area (Å²) in [7, 11) is 0. The Kier molecular flexibility index (Phi) is 6.00. The smallest absolute Gasteiger partial charge is 0.246 e. The predicted octanol–water partition coefficient (Wildman–Crippen LogP) is 4.83. The molecule has 6 heteroatoms. The van der Waals surface area contributed by atoms with Crippen molar-refractivity contribution in [2.24, 2.45) is 0 Å². The zero-order chi connectivity index (χ0) is 26.5. The standard InChI is InChI=1S/C33H34N4O2/c1-22-9-5-6-12-25(22)32-31-27(26-13-7-8-14-28(26)34-31)19-29-33(39)36(21-30(38)37(29)32)24-15-17-35(18-16-24)20-23-10-3-2-4-11-23/h2-14,24,29,32,34H,15-21H2,1H3/t29-,32-/m0/s1. The second-order valence-corrected chi connectivity index (χ2v) is 11.3. The molecule has 6 nitrogen and oxygen atoms in total. The molecule has 2 fully saturated rings. The van der Waals surface area contributed by atoms with E-state index in [-0.39, 0.29) is 30.4 Å². The summed E-state index contributed by atoms with van der Waals surface area (Å²) in [5.74, 6) is 0.148. The molecule has 2 atom stereocenters. The molecule has 3 aliphatic rings. The van der Waals surface area contributed by atoms with E-state index >= 15 is 0 Å². The van der Waals surface area contributed by atoms with Crippen molar-refractivity contribution < 1.29 is 9.59 Å². The first-order valence-electron chi connectivity index (χ1n) is 14.1. The number of piperazine rings is 1. The van der Waals surface area contributed by atoms with Crippen LogP contribution in [0.2, 0.25) is 0 Å². The number of likely N-dealkylation sites (tertiary alicyclic amines) is 1. The first kappa shape index (κ1) is 24.2. The summed E-state index contributed by atoms with van der Waals surface area (Å²) in [6.45, 7) is 5.05. The van der Waals surface area contributed by atoms with Crippen LogP contribution in [0.25, 0.3) is 10.9 Å². The van der Waals surface area contributed by atoms with Gasteiger partial charge in [-0.1, -0.05) is 72.8 Å². The fourth-order valence-electron chi connectivity index (χ4n) is 7.04. The average Bonchev–Trinajstić information content (AvgIpc) is 3.34. The summed E-state index contributed by atoms with van der Waals surface area (Å²) < 4.78 is 0. The number of benzene rings is 3. The van der Waals surface area contributed by atoms with Crippen molar-refractivity contribution in [3.05, 3.63) is 107 Å². The molecule has 0 aliphatic carbocycles. The molecule has 198 valence electrons. The van der Waals surface area contributed by atoms with Crippen LogP contribution >= 0.6 is 0 Å². The maximum Gasteiger partial charge on any atom is 0.246 e. The summed E-state index contributed by atoms with van der Waals surface area (Å²) in [5.41, 5.74) is 6.80. The topological polar surface area (TPSA) is 59.7 Å². The van der Waals surface area contributed by atoms with E-state index in [4.69, 9.17) is 0 Å². The lowest BCUT2D eigenvalue weighted by Crippen LogP contribution is -2.65. The zero-order valence-electron chi connectivity index (χ0n) is 22.3. The van der Waals surface area contributed by atoms with Crippen LogP contribution in [0.5, 0.6) is 0 Å². The highest BCUT2D eigenvalue weighted by molar-refractivity contribution is 5.98. The summed E-state index contributed by atoms with van der Waals surface area (Å²) in [5, 5.41) is 1.15. The Bertz CT molecular complexity index is 1540. The number of para-hydroxylation sites is 1. The van der Waals surface area contributed by atoms with Gasteiger partial charge in [0.05, 0.1) is 6.04 Å². The molecular formula is C33H34N4O2. The van der Waals surface area contributed by atoms with Crippen molar-refractivity contribution >= 4 is 22.7 Å². The minimum absolute atomic E-state index is 0.0453. The SMILES string of the molecule is Cc1ccccc1[C@H]1c2[nH]c3ccccc3c2C[C@H]2C(=O)N(C3CCN(Cc4ccccc4)CC3)CC(=O)N12. The molecule has 2 amide bonds. The number of hydrogen-bond acceptors (Lipinski definition) is 3. The molecule has 0 bridgehead atoms. The highest BCUT2D eigenvalue weighted by Gasteiger charge is 2.49. The fraction of sp³-hybridized carbons (Fsp3) is 0.333. The molecule has 0 spiro atoms. The monoisotopic (exact) mass is 518 g/mol. The van der Waals surface area contributed by atoms with Crippen LogP contribution in [-0.4, -0.2) is 63.2 Å². The quantitative estimate of drug-likeness (QED) is 0.421. The average molecular weight is 519 g/mol. The lowest BCUT2D eigenvalue weighted by atomic mass is 9.84. The van der Waals surface area contributed by atoms with Gasteiger partial charge < -0.3 is 14.8 Å². The third-order valence-corrected chi connectivity index (χ3v) is 9.02. The number of aromatic amines is 1. The number of H-pyrrole nitrogens is 1. The Morgan fingerprint density at radius 3 is 2.38 bits per heavy atom. The molecule has 39 heavy (non-hydrogen) atoms. The molecule has 1 N–H and O–H groups in total. The number of carbonyl (C=O) groups excluding carboxylic acids is 2. The second kappa shape index (κ2) is 9.69. The van der Waals surface area contributed by atoms with Gasteiger partial charge in [0.2, 0.25) is 11.8 Å². The lowest BCUT2D eigenvalue weighted by molar-refractivity contribution is -0.161. The number of nitrogens with zero attached hydrogens (tertiary/aromatic N) is 3. The number of aromatic nitrogens is 1. The van der Waals surface area contributed by atoms with Gasteiger partial charge in [-0.25, -0.2) is 0 Å². The third kappa shape index (κ3) is 4.14. The van der Waals surface area contributed by atoms with Crippen LogP contribution < -0.4 is 0 Å². The van der Waals surface area contributed by atoms with Crippen LogP contribution in [0.15, 0.2) is 78.9 Å². The molecule has 1 aromatic heterocycles. The van der Waals surface area contributed by atoms with Gasteiger partial charge in [0.25, 0.3) is 0 Å². The van der Waals surface area contributed by atoms with Gasteiger partial charge in [0.1, 0.15) is 12.6 Å². The van der Waals surface area contributed by atoms with Gasteiger partial charge in [-0.3, -0.25) is 14.5 Å². The van der Waals surface area contributed by atoms with E-state index in [1.807, 2.05) is 34.1 Å². The number of amides is 2. The van der Waals surface area contributed by atoms with Crippen molar-refractivity contribution in [2.45, 2.75) is 50.9 Å². The molecule has 3 aliphatic heterocycles. The summed E-state index contributed by atoms with van der Waals surface area (Å²) in [4.78, 5) is 38.1.